The molecular weight excluding hydrogens is 1000 g/mol. The largest absolute Gasteiger partial charge is 0.514 e. The van der Waals surface area contributed by atoms with Gasteiger partial charge in [0.1, 0.15) is 45.7 Å². The summed E-state index contributed by atoms with van der Waals surface area (Å²) in [6.07, 6.45) is -0.292. The Labute approximate surface area is 443 Å². The third kappa shape index (κ3) is 20.4. The molecule has 0 spiro atoms. The zero-order valence-corrected chi connectivity index (χ0v) is 43.2. The molecule has 0 heterocycles. The lowest BCUT2D eigenvalue weighted by atomic mass is 10.1. The monoisotopic (exact) mass is 1060 g/mol. The van der Waals surface area contributed by atoms with E-state index in [-0.39, 0.29) is 68.5 Å². The van der Waals surface area contributed by atoms with Crippen LogP contribution in [0, 0.1) is 0 Å². The van der Waals surface area contributed by atoms with Crippen LogP contribution in [-0.2, 0) is 19.1 Å². The molecule has 0 amide bonds. The quantitative estimate of drug-likeness (QED) is 0.0275. The van der Waals surface area contributed by atoms with Gasteiger partial charge < -0.3 is 63.1 Å². The van der Waals surface area contributed by atoms with E-state index in [1.165, 1.54) is 79.7 Å². The van der Waals surface area contributed by atoms with Gasteiger partial charge in [0, 0.05) is 29.3 Å². The summed E-state index contributed by atoms with van der Waals surface area (Å²) in [6.45, 7) is 23.8. The second-order valence-corrected chi connectivity index (χ2v) is 18.1. The van der Waals surface area contributed by atoms with Crippen LogP contribution in [-0.4, -0.2) is 67.8 Å². The van der Waals surface area contributed by atoms with Crippen molar-refractivity contribution in [3.8, 4) is 69.0 Å². The lowest BCUT2D eigenvalue weighted by Gasteiger charge is -2.21. The van der Waals surface area contributed by atoms with E-state index < -0.39 is 53.1 Å². The van der Waals surface area contributed by atoms with E-state index in [0.717, 1.165) is 11.6 Å². The highest BCUT2D eigenvalue weighted by molar-refractivity contribution is 5.92. The number of hydrogen-bond donors (Lipinski definition) is 4. The van der Waals surface area contributed by atoms with Crippen molar-refractivity contribution in [3.05, 3.63) is 175 Å². The molecule has 6 aromatic rings. The van der Waals surface area contributed by atoms with Gasteiger partial charge in [-0.2, -0.15) is 0 Å². The van der Waals surface area contributed by atoms with Crippen molar-refractivity contribution < 1.29 is 91.8 Å². The Morgan fingerprint density at radius 1 is 0.416 bits per heavy atom. The first kappa shape index (κ1) is 59.5. The van der Waals surface area contributed by atoms with Gasteiger partial charge in [-0.3, -0.25) is 0 Å². The SMILES string of the molecule is C=C(C)C(=O)Oc1ccc(C(=O)Oc2ccc(O)c(O)c2)cc1.C=C(C)C(=O)Oc1ccc(Oc2ccc(OC(=O)OC(C)(C)C)c(OC(=O)OC(C)(C)C)c2)cc1.C=Cc1ccc(C(=O)Oc2ccc(O)c(O)c2)cc1. The lowest BCUT2D eigenvalue weighted by Crippen LogP contribution is -2.27. The molecule has 0 aliphatic heterocycles. The molecule has 0 aromatic heterocycles. The normalized spacial score (nSPS) is 10.5. The summed E-state index contributed by atoms with van der Waals surface area (Å²) in [5, 5.41) is 37.0. The summed E-state index contributed by atoms with van der Waals surface area (Å²) in [5.74, 6) is -2.27. The Bertz CT molecular complexity index is 3120. The maximum absolute atomic E-state index is 12.2. The standard InChI is InChI=1S/C26H30O9.C17H14O6.C15H12O4/c1-16(2)22(27)31-18-11-9-17(10-12-18)30-19-13-14-20(32-23(28)34-25(3,4)5)21(15-19)33-24(29)35-26(6,7)8;1-10(2)16(20)22-12-5-3-11(4-6-12)17(21)23-13-7-8-14(18)15(19)9-13;1-2-10-3-5-11(6-4-10)15(18)19-12-7-8-13(16)14(17)9-12/h9-15H,1H2,2-8H3;3-9,18-19H,1H2,2H3;2-9,16-17H,1H2. The predicted molar refractivity (Wildman–Crippen MR) is 280 cm³/mol. The molecule has 0 saturated carbocycles. The highest BCUT2D eigenvalue weighted by atomic mass is 16.8. The zero-order valence-electron chi connectivity index (χ0n) is 43.2. The van der Waals surface area contributed by atoms with Crippen LogP contribution in [0.5, 0.6) is 69.0 Å². The van der Waals surface area contributed by atoms with Gasteiger partial charge in [0.05, 0.1) is 11.1 Å². The first-order chi connectivity index (χ1) is 36.1. The zero-order chi connectivity index (χ0) is 57.2. The average Bonchev–Trinajstić information content (AvgIpc) is 3.34. The van der Waals surface area contributed by atoms with Gasteiger partial charge in [-0.15, -0.1) is 0 Å². The minimum absolute atomic E-state index is 0.0699. The average molecular weight is 1060 g/mol. The number of phenols is 4. The number of phenolic OH excluding ortho intramolecular Hbond substituents is 4. The van der Waals surface area contributed by atoms with Gasteiger partial charge >= 0.3 is 36.2 Å². The lowest BCUT2D eigenvalue weighted by molar-refractivity contribution is -0.130. The fourth-order valence-electron chi connectivity index (χ4n) is 5.42. The number of ether oxygens (including phenoxy) is 9. The Morgan fingerprint density at radius 3 is 1.17 bits per heavy atom. The molecule has 19 heteroatoms. The molecule has 77 heavy (non-hydrogen) atoms. The van der Waals surface area contributed by atoms with Crippen LogP contribution in [0.25, 0.3) is 6.08 Å². The molecule has 0 unspecified atom stereocenters. The number of benzene rings is 6. The topological polar surface area (TPSA) is 266 Å². The van der Waals surface area contributed by atoms with Crippen LogP contribution in [0.15, 0.2) is 158 Å². The van der Waals surface area contributed by atoms with E-state index >= 15 is 0 Å². The molecule has 402 valence electrons. The third-order valence-corrected chi connectivity index (χ3v) is 9.05. The van der Waals surface area contributed by atoms with Crippen molar-refractivity contribution in [2.24, 2.45) is 0 Å². The maximum atomic E-state index is 12.2. The second-order valence-electron chi connectivity index (χ2n) is 18.1. The molecule has 6 aromatic carbocycles. The summed E-state index contributed by atoms with van der Waals surface area (Å²) in [7, 11) is 0. The van der Waals surface area contributed by atoms with Crippen LogP contribution in [0.1, 0.15) is 81.7 Å². The van der Waals surface area contributed by atoms with E-state index in [1.807, 2.05) is 0 Å². The molecule has 0 radical (unpaired) electrons. The first-order valence-corrected chi connectivity index (χ1v) is 22.9. The van der Waals surface area contributed by atoms with Crippen LogP contribution < -0.4 is 33.2 Å². The van der Waals surface area contributed by atoms with E-state index in [9.17, 15) is 44.1 Å². The summed E-state index contributed by atoms with van der Waals surface area (Å²) in [4.78, 5) is 71.2. The van der Waals surface area contributed by atoms with Crippen LogP contribution in [0.2, 0.25) is 0 Å². The van der Waals surface area contributed by atoms with Crippen molar-refractivity contribution >= 4 is 42.3 Å². The molecular formula is C58H56O19. The Kier molecular flexibility index (Phi) is 20.7. The third-order valence-electron chi connectivity index (χ3n) is 9.05. The molecule has 6 rings (SSSR count). The van der Waals surface area contributed by atoms with Crippen molar-refractivity contribution in [2.45, 2.75) is 66.6 Å². The van der Waals surface area contributed by atoms with Gasteiger partial charge in [0.2, 0.25) is 0 Å². The molecule has 0 atom stereocenters. The van der Waals surface area contributed by atoms with Crippen LogP contribution in [0.3, 0.4) is 0 Å². The fraction of sp³-hybridized carbons (Fsp3) is 0.172. The smallest absolute Gasteiger partial charge is 0.504 e. The predicted octanol–water partition coefficient (Wildman–Crippen LogP) is 12.3. The summed E-state index contributed by atoms with van der Waals surface area (Å²) < 4.78 is 46.9. The van der Waals surface area contributed by atoms with E-state index in [4.69, 9.17) is 47.7 Å². The summed E-state index contributed by atoms with van der Waals surface area (Å²) in [6, 6.07) is 30.5. The Balaban J connectivity index is 0.000000263. The van der Waals surface area contributed by atoms with Gasteiger partial charge in [0.15, 0.2) is 34.5 Å². The van der Waals surface area contributed by atoms with Gasteiger partial charge in [-0.1, -0.05) is 37.9 Å². The van der Waals surface area contributed by atoms with Crippen molar-refractivity contribution in [1.82, 2.24) is 0 Å². The molecule has 19 nitrogen and oxygen atoms in total. The first-order valence-electron chi connectivity index (χ1n) is 22.9. The number of aromatic hydroxyl groups is 4. The minimum Gasteiger partial charge on any atom is -0.504 e. The van der Waals surface area contributed by atoms with Crippen LogP contribution in [0.4, 0.5) is 9.59 Å². The second kappa shape index (κ2) is 26.8. The fourth-order valence-corrected chi connectivity index (χ4v) is 5.42. The Hall–Kier alpha value is -10.0. The summed E-state index contributed by atoms with van der Waals surface area (Å²) >= 11 is 0. The highest BCUT2D eigenvalue weighted by Gasteiger charge is 2.24. The van der Waals surface area contributed by atoms with Crippen molar-refractivity contribution in [2.75, 3.05) is 0 Å². The van der Waals surface area contributed by atoms with E-state index in [2.05, 4.69) is 19.7 Å². The van der Waals surface area contributed by atoms with Crippen LogP contribution >= 0.6 is 0 Å². The highest BCUT2D eigenvalue weighted by Crippen LogP contribution is 2.36. The minimum atomic E-state index is -0.993. The molecule has 4 N–H and O–H groups in total. The van der Waals surface area contributed by atoms with Gasteiger partial charge in [-0.05, 0) is 158 Å². The molecule has 0 saturated heterocycles. The number of rotatable bonds is 13. The molecule has 0 aliphatic rings. The molecule has 0 aliphatic carbocycles. The van der Waals surface area contributed by atoms with Crippen molar-refractivity contribution in [3.63, 3.8) is 0 Å². The van der Waals surface area contributed by atoms with Crippen molar-refractivity contribution in [1.29, 1.82) is 0 Å². The summed E-state index contributed by atoms with van der Waals surface area (Å²) in [5.41, 5.74) is 0.478. The molecule has 0 bridgehead atoms. The van der Waals surface area contributed by atoms with Gasteiger partial charge in [-0.25, -0.2) is 28.8 Å². The van der Waals surface area contributed by atoms with E-state index in [0.29, 0.717) is 17.1 Å². The van der Waals surface area contributed by atoms with Gasteiger partial charge in [0.25, 0.3) is 0 Å². The van der Waals surface area contributed by atoms with E-state index in [1.54, 1.807) is 103 Å². The number of carbonyl (C=O) groups excluding carboxylic acids is 6. The Morgan fingerprint density at radius 2 is 0.779 bits per heavy atom. The molecule has 0 fully saturated rings. The number of esters is 4. The number of carbonyl (C=O) groups is 6. The number of hydrogen-bond acceptors (Lipinski definition) is 19. The maximum Gasteiger partial charge on any atom is 0.514 e.